The van der Waals surface area contributed by atoms with Crippen molar-refractivity contribution in [2.45, 2.75) is 6.04 Å². The van der Waals surface area contributed by atoms with E-state index in [1.165, 1.54) is 0 Å². The van der Waals surface area contributed by atoms with Gasteiger partial charge in [-0.05, 0) is 7.05 Å². The lowest BCUT2D eigenvalue weighted by molar-refractivity contribution is 0.267. The second kappa shape index (κ2) is 4.95. The molecule has 1 aromatic rings. The molecular weight excluding hydrogens is 226 g/mol. The second-order valence-electron chi connectivity index (χ2n) is 4.05. The first-order chi connectivity index (χ1) is 7.70. The summed E-state index contributed by atoms with van der Waals surface area (Å²) in [5, 5.41) is 0.558. The van der Waals surface area contributed by atoms with Crippen molar-refractivity contribution in [3.8, 4) is 0 Å². The molecule has 0 spiro atoms. The zero-order valence-electron chi connectivity index (χ0n) is 9.30. The van der Waals surface area contributed by atoms with Crippen LogP contribution in [0.3, 0.4) is 0 Å². The van der Waals surface area contributed by atoms with Gasteiger partial charge in [-0.1, -0.05) is 11.6 Å². The lowest BCUT2D eigenvalue weighted by atomic mass is 10.2. The number of piperazine rings is 1. The molecule has 2 N–H and O–H groups in total. The molecular formula is C10H16ClN5. The van der Waals surface area contributed by atoms with Crippen molar-refractivity contribution in [3.05, 3.63) is 17.4 Å². The SMILES string of the molecule is CN1CCN(c2ncc(Cl)cn2)C(CN)C1. The van der Waals surface area contributed by atoms with Crippen LogP contribution in [0, 0.1) is 0 Å². The Morgan fingerprint density at radius 1 is 1.44 bits per heavy atom. The largest absolute Gasteiger partial charge is 0.334 e. The van der Waals surface area contributed by atoms with Crippen molar-refractivity contribution in [3.63, 3.8) is 0 Å². The zero-order chi connectivity index (χ0) is 11.5. The molecule has 0 bridgehead atoms. The molecule has 2 rings (SSSR count). The van der Waals surface area contributed by atoms with Gasteiger partial charge in [0.1, 0.15) is 0 Å². The molecule has 1 saturated heterocycles. The van der Waals surface area contributed by atoms with Crippen molar-refractivity contribution in [1.82, 2.24) is 14.9 Å². The Hall–Kier alpha value is -0.910. The molecule has 1 aliphatic heterocycles. The highest BCUT2D eigenvalue weighted by Crippen LogP contribution is 2.16. The van der Waals surface area contributed by atoms with E-state index in [1.807, 2.05) is 0 Å². The van der Waals surface area contributed by atoms with Crippen LogP contribution in [-0.4, -0.2) is 54.1 Å². The summed E-state index contributed by atoms with van der Waals surface area (Å²) in [4.78, 5) is 12.9. The van der Waals surface area contributed by atoms with E-state index in [2.05, 4.69) is 26.8 Å². The molecule has 1 atom stereocenters. The fraction of sp³-hybridized carbons (Fsp3) is 0.600. The third-order valence-electron chi connectivity index (χ3n) is 2.82. The predicted molar refractivity (Wildman–Crippen MR) is 64.7 cm³/mol. The summed E-state index contributed by atoms with van der Waals surface area (Å²) in [7, 11) is 2.10. The maximum Gasteiger partial charge on any atom is 0.225 e. The average molecular weight is 242 g/mol. The number of nitrogens with zero attached hydrogens (tertiary/aromatic N) is 4. The van der Waals surface area contributed by atoms with Gasteiger partial charge < -0.3 is 15.5 Å². The fourth-order valence-electron chi connectivity index (χ4n) is 1.93. The summed E-state index contributed by atoms with van der Waals surface area (Å²) in [6, 6.07) is 0.278. The highest BCUT2D eigenvalue weighted by molar-refractivity contribution is 6.30. The molecule has 0 aliphatic carbocycles. The van der Waals surface area contributed by atoms with E-state index in [4.69, 9.17) is 17.3 Å². The van der Waals surface area contributed by atoms with Crippen LogP contribution in [0.25, 0.3) is 0 Å². The number of nitrogens with two attached hydrogens (primary N) is 1. The molecule has 0 saturated carbocycles. The van der Waals surface area contributed by atoms with Crippen LogP contribution >= 0.6 is 11.6 Å². The van der Waals surface area contributed by atoms with E-state index in [0.717, 1.165) is 19.6 Å². The number of halogens is 1. The molecule has 5 nitrogen and oxygen atoms in total. The summed E-state index contributed by atoms with van der Waals surface area (Å²) in [5.74, 6) is 0.716. The third-order valence-corrected chi connectivity index (χ3v) is 3.02. The van der Waals surface area contributed by atoms with Crippen molar-refractivity contribution in [1.29, 1.82) is 0 Å². The summed E-state index contributed by atoms with van der Waals surface area (Å²) < 4.78 is 0. The van der Waals surface area contributed by atoms with Gasteiger partial charge in [0.2, 0.25) is 5.95 Å². The Balaban J connectivity index is 2.15. The number of anilines is 1. The van der Waals surface area contributed by atoms with Gasteiger partial charge in [0.05, 0.1) is 23.5 Å². The highest BCUT2D eigenvalue weighted by Gasteiger charge is 2.25. The van der Waals surface area contributed by atoms with E-state index in [-0.39, 0.29) is 6.04 Å². The first-order valence-electron chi connectivity index (χ1n) is 5.33. The number of aromatic nitrogens is 2. The molecule has 16 heavy (non-hydrogen) atoms. The first kappa shape index (κ1) is 11.6. The topological polar surface area (TPSA) is 58.3 Å². The number of hydrogen-bond acceptors (Lipinski definition) is 5. The minimum atomic E-state index is 0.278. The molecule has 2 heterocycles. The molecule has 0 aromatic carbocycles. The average Bonchev–Trinajstić information content (AvgIpc) is 2.30. The van der Waals surface area contributed by atoms with E-state index >= 15 is 0 Å². The van der Waals surface area contributed by atoms with E-state index in [9.17, 15) is 0 Å². The molecule has 88 valence electrons. The molecule has 1 aliphatic rings. The van der Waals surface area contributed by atoms with Gasteiger partial charge in [-0.15, -0.1) is 0 Å². The van der Waals surface area contributed by atoms with Crippen molar-refractivity contribution in [2.24, 2.45) is 5.73 Å². The van der Waals surface area contributed by atoms with Gasteiger partial charge in [0.15, 0.2) is 0 Å². The van der Waals surface area contributed by atoms with Crippen molar-refractivity contribution in [2.75, 3.05) is 38.1 Å². The maximum atomic E-state index is 5.77. The Bertz CT molecular complexity index is 342. The lowest BCUT2D eigenvalue weighted by Gasteiger charge is -2.39. The van der Waals surface area contributed by atoms with Crippen LogP contribution in [0.15, 0.2) is 12.4 Å². The minimum absolute atomic E-state index is 0.278. The number of likely N-dealkylation sites (N-methyl/N-ethyl adjacent to an activating group) is 1. The maximum absolute atomic E-state index is 5.77. The smallest absolute Gasteiger partial charge is 0.225 e. The van der Waals surface area contributed by atoms with E-state index in [1.54, 1.807) is 12.4 Å². The standard InChI is InChI=1S/C10H16ClN5/c1-15-2-3-16(9(4-12)7-15)10-13-5-8(11)6-14-10/h5-6,9H,2-4,7,12H2,1H3. The first-order valence-corrected chi connectivity index (χ1v) is 5.71. The summed E-state index contributed by atoms with van der Waals surface area (Å²) in [6.07, 6.45) is 3.24. The molecule has 1 aromatic heterocycles. The Morgan fingerprint density at radius 3 is 2.75 bits per heavy atom. The van der Waals surface area contributed by atoms with Crippen LogP contribution < -0.4 is 10.6 Å². The van der Waals surface area contributed by atoms with Gasteiger partial charge in [0, 0.05) is 26.2 Å². The van der Waals surface area contributed by atoms with Gasteiger partial charge in [-0.25, -0.2) is 9.97 Å². The summed E-state index contributed by atoms with van der Waals surface area (Å²) in [5.41, 5.74) is 5.77. The molecule has 1 unspecified atom stereocenters. The summed E-state index contributed by atoms with van der Waals surface area (Å²) in [6.45, 7) is 3.46. The number of rotatable bonds is 2. The summed E-state index contributed by atoms with van der Waals surface area (Å²) >= 11 is 5.77. The predicted octanol–water partition coefficient (Wildman–Crippen LogP) is 0.209. The van der Waals surface area contributed by atoms with Gasteiger partial charge in [-0.2, -0.15) is 0 Å². The van der Waals surface area contributed by atoms with E-state index < -0.39 is 0 Å². The Kier molecular flexibility index (Phi) is 3.58. The molecule has 0 amide bonds. The monoisotopic (exact) mass is 241 g/mol. The van der Waals surface area contributed by atoms with Gasteiger partial charge in [0.25, 0.3) is 0 Å². The fourth-order valence-corrected chi connectivity index (χ4v) is 2.03. The third kappa shape index (κ3) is 2.42. The number of hydrogen-bond donors (Lipinski definition) is 1. The van der Waals surface area contributed by atoms with Crippen LogP contribution in [0.1, 0.15) is 0 Å². The van der Waals surface area contributed by atoms with E-state index in [0.29, 0.717) is 17.5 Å². The van der Waals surface area contributed by atoms with Crippen LogP contribution in [0.4, 0.5) is 5.95 Å². The van der Waals surface area contributed by atoms with Crippen LogP contribution in [0.5, 0.6) is 0 Å². The zero-order valence-corrected chi connectivity index (χ0v) is 10.1. The van der Waals surface area contributed by atoms with Crippen LogP contribution in [0.2, 0.25) is 5.02 Å². The quantitative estimate of drug-likeness (QED) is 0.802. The highest BCUT2D eigenvalue weighted by atomic mass is 35.5. The van der Waals surface area contributed by atoms with Gasteiger partial charge in [-0.3, -0.25) is 0 Å². The van der Waals surface area contributed by atoms with Gasteiger partial charge >= 0.3 is 0 Å². The minimum Gasteiger partial charge on any atom is -0.334 e. The molecule has 6 heteroatoms. The van der Waals surface area contributed by atoms with Crippen molar-refractivity contribution >= 4 is 17.5 Å². The Labute approximate surface area is 100 Å². The Morgan fingerprint density at radius 2 is 2.12 bits per heavy atom. The molecule has 0 radical (unpaired) electrons. The normalized spacial score (nSPS) is 22.4. The second-order valence-corrected chi connectivity index (χ2v) is 4.48. The molecule has 1 fully saturated rings. The lowest BCUT2D eigenvalue weighted by Crippen LogP contribution is -2.55. The van der Waals surface area contributed by atoms with Crippen LogP contribution in [-0.2, 0) is 0 Å². The van der Waals surface area contributed by atoms with Crippen molar-refractivity contribution < 1.29 is 0 Å².